The summed E-state index contributed by atoms with van der Waals surface area (Å²) in [5, 5.41) is 16.1. The average molecular weight is 279 g/mol. The molecule has 1 aromatic heterocycles. The number of aliphatic hydroxyl groups is 1. The van der Waals surface area contributed by atoms with E-state index in [0.29, 0.717) is 0 Å². The van der Waals surface area contributed by atoms with Crippen LogP contribution in [0.25, 0.3) is 0 Å². The molecule has 0 amide bonds. The normalized spacial score (nSPS) is 17.1. The van der Waals surface area contributed by atoms with E-state index >= 15 is 0 Å². The minimum Gasteiger partial charge on any atom is -0.396 e. The smallest absolute Gasteiger partial charge is 0.223 e. The Morgan fingerprint density at radius 1 is 1.25 bits per heavy atom. The summed E-state index contributed by atoms with van der Waals surface area (Å²) in [5.41, 5.74) is 5.73. The first-order chi connectivity index (χ1) is 9.67. The van der Waals surface area contributed by atoms with Crippen molar-refractivity contribution in [2.75, 3.05) is 36.1 Å². The molecule has 0 aliphatic heterocycles. The molecule has 0 bridgehead atoms. The number of rotatable bonds is 7. The predicted molar refractivity (Wildman–Crippen MR) is 81.7 cm³/mol. The lowest BCUT2D eigenvalue weighted by Gasteiger charge is -2.26. The Kier molecular flexibility index (Phi) is 5.00. The van der Waals surface area contributed by atoms with Gasteiger partial charge in [0.05, 0.1) is 6.61 Å². The summed E-state index contributed by atoms with van der Waals surface area (Å²) in [6.07, 6.45) is 5.55. The second kappa shape index (κ2) is 6.74. The van der Waals surface area contributed by atoms with Gasteiger partial charge in [0.2, 0.25) is 5.95 Å². The molecule has 5 N–H and O–H groups in total. The predicted octanol–water partition coefficient (Wildman–Crippen LogP) is 1.85. The molecule has 20 heavy (non-hydrogen) atoms. The van der Waals surface area contributed by atoms with Crippen molar-refractivity contribution in [3.8, 4) is 0 Å². The third-order valence-corrected chi connectivity index (χ3v) is 3.94. The van der Waals surface area contributed by atoms with Crippen molar-refractivity contribution in [1.82, 2.24) is 9.97 Å². The second-order valence-electron chi connectivity index (χ2n) is 5.64. The lowest BCUT2D eigenvalue weighted by Crippen LogP contribution is -2.30. The van der Waals surface area contributed by atoms with Crippen molar-refractivity contribution < 1.29 is 5.11 Å². The fourth-order valence-electron chi connectivity index (χ4n) is 2.69. The SMILES string of the molecule is CCCNc1cc(NCC2(CO)CCCC2)nc(N)n1. The Bertz CT molecular complexity index is 432. The zero-order valence-corrected chi connectivity index (χ0v) is 12.2. The Morgan fingerprint density at radius 2 is 1.90 bits per heavy atom. The summed E-state index contributed by atoms with van der Waals surface area (Å²) in [6.45, 7) is 3.91. The van der Waals surface area contributed by atoms with Crippen molar-refractivity contribution >= 4 is 17.6 Å². The first-order valence-corrected chi connectivity index (χ1v) is 7.41. The number of nitrogens with one attached hydrogen (secondary N) is 2. The molecular formula is C14H25N5O. The molecule has 1 aromatic rings. The van der Waals surface area contributed by atoms with Gasteiger partial charge in [-0.15, -0.1) is 0 Å². The molecule has 6 nitrogen and oxygen atoms in total. The van der Waals surface area contributed by atoms with E-state index in [2.05, 4.69) is 27.5 Å². The maximum Gasteiger partial charge on any atom is 0.223 e. The molecular weight excluding hydrogens is 254 g/mol. The fraction of sp³-hybridized carbons (Fsp3) is 0.714. The number of nitrogens with two attached hydrogens (primary N) is 1. The van der Waals surface area contributed by atoms with Crippen LogP contribution in [-0.4, -0.2) is 34.8 Å². The number of anilines is 3. The zero-order valence-electron chi connectivity index (χ0n) is 12.2. The molecule has 6 heteroatoms. The Hall–Kier alpha value is -1.56. The van der Waals surface area contributed by atoms with E-state index in [1.54, 1.807) is 0 Å². The van der Waals surface area contributed by atoms with Crippen LogP contribution in [0.2, 0.25) is 0 Å². The fourth-order valence-corrected chi connectivity index (χ4v) is 2.69. The van der Waals surface area contributed by atoms with Gasteiger partial charge in [0.15, 0.2) is 0 Å². The summed E-state index contributed by atoms with van der Waals surface area (Å²) in [5.74, 6) is 1.72. The van der Waals surface area contributed by atoms with E-state index in [9.17, 15) is 5.11 Å². The highest BCUT2D eigenvalue weighted by Gasteiger charge is 2.33. The van der Waals surface area contributed by atoms with Gasteiger partial charge in [-0.05, 0) is 19.3 Å². The topological polar surface area (TPSA) is 96.1 Å². The van der Waals surface area contributed by atoms with E-state index < -0.39 is 0 Å². The van der Waals surface area contributed by atoms with Crippen molar-refractivity contribution in [3.05, 3.63) is 6.07 Å². The van der Waals surface area contributed by atoms with E-state index in [1.807, 2.05) is 6.07 Å². The Balaban J connectivity index is 1.99. The van der Waals surface area contributed by atoms with Gasteiger partial charge >= 0.3 is 0 Å². The van der Waals surface area contributed by atoms with Crippen LogP contribution in [0.15, 0.2) is 6.07 Å². The van der Waals surface area contributed by atoms with Crippen LogP contribution < -0.4 is 16.4 Å². The molecule has 1 heterocycles. The first-order valence-electron chi connectivity index (χ1n) is 7.41. The maximum atomic E-state index is 9.61. The van der Waals surface area contributed by atoms with Gasteiger partial charge in [0, 0.05) is 24.6 Å². The average Bonchev–Trinajstić information content (AvgIpc) is 2.92. The summed E-state index contributed by atoms with van der Waals surface area (Å²) >= 11 is 0. The molecule has 1 aliphatic rings. The van der Waals surface area contributed by atoms with Gasteiger partial charge < -0.3 is 21.5 Å². The van der Waals surface area contributed by atoms with Crippen molar-refractivity contribution in [1.29, 1.82) is 0 Å². The number of aliphatic hydroxyl groups excluding tert-OH is 1. The highest BCUT2D eigenvalue weighted by molar-refractivity contribution is 5.51. The van der Waals surface area contributed by atoms with Crippen LogP contribution in [0.5, 0.6) is 0 Å². The van der Waals surface area contributed by atoms with Crippen LogP contribution in [0, 0.1) is 5.41 Å². The molecule has 1 saturated carbocycles. The van der Waals surface area contributed by atoms with E-state index in [-0.39, 0.29) is 18.0 Å². The minimum atomic E-state index is -0.00325. The standard InChI is InChI=1S/C14H25N5O/c1-2-7-16-11-8-12(19-13(15)18-11)17-9-14(10-20)5-3-4-6-14/h8,20H,2-7,9-10H2,1H3,(H4,15,16,17,18,19). The highest BCUT2D eigenvalue weighted by atomic mass is 16.3. The summed E-state index contributed by atoms with van der Waals surface area (Å²) in [6, 6.07) is 1.87. The van der Waals surface area contributed by atoms with Crippen LogP contribution in [0.3, 0.4) is 0 Å². The summed E-state index contributed by atoms with van der Waals surface area (Å²) in [4.78, 5) is 8.36. The van der Waals surface area contributed by atoms with Crippen LogP contribution in [0.1, 0.15) is 39.0 Å². The van der Waals surface area contributed by atoms with Gasteiger partial charge in [-0.3, -0.25) is 0 Å². The van der Waals surface area contributed by atoms with E-state index in [0.717, 1.165) is 44.0 Å². The monoisotopic (exact) mass is 279 g/mol. The van der Waals surface area contributed by atoms with Gasteiger partial charge in [-0.1, -0.05) is 19.8 Å². The molecule has 1 aliphatic carbocycles. The maximum absolute atomic E-state index is 9.61. The lowest BCUT2D eigenvalue weighted by molar-refractivity contribution is 0.142. The molecule has 2 rings (SSSR count). The van der Waals surface area contributed by atoms with Gasteiger partial charge in [-0.25, -0.2) is 0 Å². The summed E-state index contributed by atoms with van der Waals surface area (Å²) in [7, 11) is 0. The molecule has 0 aromatic carbocycles. The Labute approximate surface area is 120 Å². The number of aromatic nitrogens is 2. The molecule has 1 fully saturated rings. The summed E-state index contributed by atoms with van der Waals surface area (Å²) < 4.78 is 0. The van der Waals surface area contributed by atoms with Crippen LogP contribution >= 0.6 is 0 Å². The minimum absolute atomic E-state index is 0.00325. The van der Waals surface area contributed by atoms with Crippen LogP contribution in [-0.2, 0) is 0 Å². The van der Waals surface area contributed by atoms with Crippen LogP contribution in [0.4, 0.5) is 17.6 Å². The number of hydrogen-bond acceptors (Lipinski definition) is 6. The molecule has 0 radical (unpaired) electrons. The quantitative estimate of drug-likeness (QED) is 0.608. The van der Waals surface area contributed by atoms with Gasteiger partial charge in [0.25, 0.3) is 0 Å². The number of nitrogens with zero attached hydrogens (tertiary/aromatic N) is 2. The molecule has 0 atom stereocenters. The largest absolute Gasteiger partial charge is 0.396 e. The molecule has 0 saturated heterocycles. The van der Waals surface area contributed by atoms with Gasteiger partial charge in [0.1, 0.15) is 11.6 Å². The number of nitrogen functional groups attached to an aromatic ring is 1. The number of hydrogen-bond donors (Lipinski definition) is 4. The van der Waals surface area contributed by atoms with E-state index in [4.69, 9.17) is 5.73 Å². The van der Waals surface area contributed by atoms with E-state index in [1.165, 1.54) is 12.8 Å². The van der Waals surface area contributed by atoms with Crippen molar-refractivity contribution in [2.45, 2.75) is 39.0 Å². The first kappa shape index (κ1) is 14.8. The lowest BCUT2D eigenvalue weighted by atomic mass is 9.87. The highest BCUT2D eigenvalue weighted by Crippen LogP contribution is 2.37. The Morgan fingerprint density at radius 3 is 2.50 bits per heavy atom. The van der Waals surface area contributed by atoms with Gasteiger partial charge in [-0.2, -0.15) is 9.97 Å². The molecule has 112 valence electrons. The third-order valence-electron chi connectivity index (χ3n) is 3.94. The second-order valence-corrected chi connectivity index (χ2v) is 5.64. The van der Waals surface area contributed by atoms with Crippen molar-refractivity contribution in [3.63, 3.8) is 0 Å². The third kappa shape index (κ3) is 3.72. The van der Waals surface area contributed by atoms with Crippen molar-refractivity contribution in [2.24, 2.45) is 5.41 Å². The molecule has 0 spiro atoms. The zero-order chi connectivity index (χ0) is 14.4. The molecule has 0 unspecified atom stereocenters.